The fourth-order valence-electron chi connectivity index (χ4n) is 12.8. The van der Waals surface area contributed by atoms with E-state index >= 15 is 0 Å². The largest absolute Gasteiger partial charge is 1.00 e. The summed E-state index contributed by atoms with van der Waals surface area (Å²) in [6.45, 7) is 1.84. The van der Waals surface area contributed by atoms with Gasteiger partial charge in [-0.05, 0) is 62.5 Å². The van der Waals surface area contributed by atoms with E-state index < -0.39 is 176 Å². The van der Waals surface area contributed by atoms with Crippen molar-refractivity contribution in [3.63, 3.8) is 0 Å². The Morgan fingerprint density at radius 2 is 1.28 bits per heavy atom. The smallest absolute Gasteiger partial charge is 0.790 e. The number of hydrogen-bond donors (Lipinski definition) is 17. The first-order valence-corrected chi connectivity index (χ1v) is 27.8. The Hall–Kier alpha value is -0.0400. The van der Waals surface area contributed by atoms with E-state index in [0.29, 0.717) is 12.8 Å². The van der Waals surface area contributed by atoms with Crippen molar-refractivity contribution in [1.82, 2.24) is 0 Å². The van der Waals surface area contributed by atoms with E-state index in [1.54, 1.807) is 19.1 Å². The number of carbonyl (C=O) groups excluding carboxylic acids is 2. The number of aliphatic hydroxyl groups is 9. The van der Waals surface area contributed by atoms with E-state index in [1.165, 1.54) is 0 Å². The maximum absolute atomic E-state index is 12.8. The van der Waals surface area contributed by atoms with E-state index in [4.69, 9.17) is 80.3 Å². The number of aliphatic hydroxyl groups excluding tert-OH is 8. The van der Waals surface area contributed by atoms with Crippen LogP contribution >= 0.6 is 7.82 Å². The number of rotatable bonds is 13. The van der Waals surface area contributed by atoms with Crippen LogP contribution in [0.25, 0.3) is 0 Å². The molecule has 1 unspecified atom stereocenters. The molecule has 3 saturated heterocycles. The minimum absolute atomic E-state index is 0. The molecule has 8 aliphatic rings. The Morgan fingerprint density at radius 3 is 1.78 bits per heavy atom. The van der Waals surface area contributed by atoms with Gasteiger partial charge in [0.25, 0.3) is 0 Å². The van der Waals surface area contributed by atoms with Gasteiger partial charge >= 0.3 is 69.5 Å². The van der Waals surface area contributed by atoms with Gasteiger partial charge in [-0.2, -0.15) is 8.42 Å². The van der Waals surface area contributed by atoms with Crippen LogP contribution in [0.2, 0.25) is 0 Å². The monoisotopic (exact) mass is 1200 g/mol. The molecule has 31 nitrogen and oxygen atoms in total. The number of nitrogens with two attached hydrogens (primary N) is 6. The molecular weight excluding hydrogens is 1120 g/mol. The zero-order chi connectivity index (χ0) is 57.7. The summed E-state index contributed by atoms with van der Waals surface area (Å²) in [5, 5.41) is 95.5. The van der Waals surface area contributed by atoms with Gasteiger partial charge in [-0.1, -0.05) is 25.5 Å². The second-order valence-corrected chi connectivity index (χ2v) is 23.5. The molecule has 0 radical (unpaired) electrons. The molecule has 0 aromatic heterocycles. The van der Waals surface area contributed by atoms with Crippen molar-refractivity contribution < 1.29 is 179 Å². The molecule has 5 aliphatic carbocycles. The van der Waals surface area contributed by atoms with Crippen LogP contribution in [0.4, 0.5) is 0 Å². The molecule has 3 aliphatic heterocycles. The van der Waals surface area contributed by atoms with Gasteiger partial charge in [0.15, 0.2) is 30.4 Å². The first-order valence-electron chi connectivity index (χ1n) is 24.9. The topological polar surface area (TPSA) is 575 Å². The van der Waals surface area contributed by atoms with E-state index in [9.17, 15) is 69.9 Å². The molecule has 3 heterocycles. The number of Topliss-reactive ketones (excluding diaryl/α,β-unsaturated/α-hetero) is 1. The SMILES string of the molecule is C[C@]12C=CC(=O)C=C1CC[C@@H]1[C@@H]2[C@@H](O)C[C@@]2(C)[C@H]1CC[C@]2(O)C(=O)COP(=O)([O-])[O-].NC[C@@H]1OC(O[C@H]2[C@@H](O)[C@H](O[C@@H]3[C@@H](O)[C@H](N)C[C@H](N)[C@H]3O[C@H]3O[C@H](CN)[C@@H](O)[C@H](O)[C@H]3N)O[C@@H]2CO)[C@H](N)[C@@H](O)[C@@H]1O.O=S(=O)(O)O.[Na+].[Na+]. The van der Waals surface area contributed by atoms with Gasteiger partial charge in [-0.3, -0.25) is 18.7 Å². The summed E-state index contributed by atoms with van der Waals surface area (Å²) in [6, 6.07) is -4.18. The minimum Gasteiger partial charge on any atom is -0.790 e. The molecule has 0 spiro atoms. The predicted octanol–water partition coefficient (Wildman–Crippen LogP) is -15.1. The normalized spacial score (nSPS) is 46.6. The number of phosphoric acid groups is 1. The van der Waals surface area contributed by atoms with Gasteiger partial charge in [0.1, 0.15) is 79.4 Å². The number of hydrogen-bond acceptors (Lipinski definition) is 29. The standard InChI is InChI=1S/C23H46N6O13.C21H29O8P.2Na.H2O4S/c24-2-7-13(32)15(34)10(28)21(37-7)40-18-6(27)1-5(26)12(31)20(18)42-23-17(36)19(9(4-30)39-23)41-22-11(29)16(35)14(33)8(3-25)38-22;1-19-7-5-13(22)9-12(19)3-4-14-15-6-8-21(25,17(24)11-29-30(26,27)28)20(15,2)10-16(23)18(14)19;;;1-5(2,3)4/h5-23,30-36H,1-4,24-29H2;5,7,9,14-16,18,23,25H,3-4,6,8,10-11H2,1-2H3,(H2,26,27,28);;;(H2,1,2,3,4)/q;;2*+1;/p-2/t5-,6+,7-,8+,9-,10-,11-,12+,13-,14-,15-,16-,17-,18-,19-,20-,21-,22?,23+;14-,15-,16-,18+,19-,20-,21-;;;/m10.../s1. The van der Waals surface area contributed by atoms with Crippen LogP contribution < -0.4 is 103 Å². The molecule has 0 aromatic carbocycles. The summed E-state index contributed by atoms with van der Waals surface area (Å²) in [6.07, 6.45) is -13.2. The Balaban J connectivity index is 0.000000319. The van der Waals surface area contributed by atoms with E-state index in [2.05, 4.69) is 4.52 Å². The Kier molecular flexibility index (Phi) is 25.5. The second kappa shape index (κ2) is 28.2. The fraction of sp³-hybridized carbons (Fsp3) is 0.864. The number of ether oxygens (including phenoxy) is 6. The van der Waals surface area contributed by atoms with Crippen LogP contribution in [0.5, 0.6) is 0 Å². The molecule has 444 valence electrons. The Bertz CT molecular complexity index is 2290. The van der Waals surface area contributed by atoms with Gasteiger partial charge in [-0.15, -0.1) is 0 Å². The van der Waals surface area contributed by atoms with Gasteiger partial charge in [0, 0.05) is 41.9 Å². The summed E-state index contributed by atoms with van der Waals surface area (Å²) in [5.74, 6) is -1.05. The molecule has 7 fully saturated rings. The summed E-state index contributed by atoms with van der Waals surface area (Å²) in [7, 11) is -10.0. The van der Waals surface area contributed by atoms with Crippen molar-refractivity contribution >= 4 is 29.8 Å². The van der Waals surface area contributed by atoms with Crippen molar-refractivity contribution in [2.45, 2.75) is 180 Å². The molecule has 4 saturated carbocycles. The predicted molar refractivity (Wildman–Crippen MR) is 254 cm³/mol. The van der Waals surface area contributed by atoms with E-state index in [0.717, 1.165) is 12.0 Å². The maximum atomic E-state index is 12.8. The summed E-state index contributed by atoms with van der Waals surface area (Å²) >= 11 is 0. The van der Waals surface area contributed by atoms with Crippen LogP contribution in [0, 0.1) is 28.6 Å². The molecule has 79 heavy (non-hydrogen) atoms. The molecule has 23 N–H and O–H groups in total. The van der Waals surface area contributed by atoms with E-state index in [1.807, 2.05) is 13.0 Å². The summed E-state index contributed by atoms with van der Waals surface area (Å²) in [4.78, 5) is 46.2. The molecule has 35 heteroatoms. The van der Waals surface area contributed by atoms with Crippen molar-refractivity contribution in [3.05, 3.63) is 23.8 Å². The van der Waals surface area contributed by atoms with Gasteiger partial charge in [0.2, 0.25) is 0 Å². The molecule has 0 bridgehead atoms. The third-order valence-electron chi connectivity index (χ3n) is 16.8. The first-order chi connectivity index (χ1) is 35.7. The Morgan fingerprint density at radius 1 is 0.772 bits per heavy atom. The average molecular weight is 1200 g/mol. The van der Waals surface area contributed by atoms with Crippen LogP contribution in [-0.4, -0.2) is 229 Å². The Labute approximate surface area is 499 Å². The molecule has 8 rings (SSSR count). The van der Waals surface area contributed by atoms with Crippen molar-refractivity contribution in [3.8, 4) is 0 Å². The van der Waals surface area contributed by atoms with Crippen molar-refractivity contribution in [1.29, 1.82) is 0 Å². The van der Waals surface area contributed by atoms with Gasteiger partial charge in [0.05, 0.1) is 38.7 Å². The second-order valence-electron chi connectivity index (χ2n) is 21.4. The number of ketones is 2. The molecular formula is C44H75N6Na2O25PS. The quantitative estimate of drug-likeness (QED) is 0.0462. The zero-order valence-corrected chi connectivity index (χ0v) is 49.7. The maximum Gasteiger partial charge on any atom is 1.00 e. The fourth-order valence-corrected chi connectivity index (χ4v) is 13.1. The van der Waals surface area contributed by atoms with Crippen molar-refractivity contribution in [2.24, 2.45) is 63.0 Å². The van der Waals surface area contributed by atoms with Crippen LogP contribution in [-0.2, 0) is 57.5 Å². The van der Waals surface area contributed by atoms with Crippen LogP contribution in [0.15, 0.2) is 23.8 Å². The number of fused-ring (bicyclic) bond motifs is 5. The molecule has 26 atom stereocenters. The van der Waals surface area contributed by atoms with E-state index in [-0.39, 0.29) is 115 Å². The first kappa shape index (κ1) is 71.4. The van der Waals surface area contributed by atoms with Crippen LogP contribution in [0.3, 0.4) is 0 Å². The molecule has 0 amide bonds. The number of phosphoric ester groups is 1. The van der Waals surface area contributed by atoms with Gasteiger partial charge < -0.3 is 128 Å². The zero-order valence-electron chi connectivity index (χ0n) is 44.0. The minimum atomic E-state index is -5.34. The van der Waals surface area contributed by atoms with Gasteiger partial charge in [-0.25, -0.2) is 0 Å². The number of allylic oxidation sites excluding steroid dienone is 4. The average Bonchev–Trinajstić information content (AvgIpc) is 4.09. The van der Waals surface area contributed by atoms with Crippen LogP contribution in [0.1, 0.15) is 52.4 Å². The third kappa shape index (κ3) is 15.4. The summed E-state index contributed by atoms with van der Waals surface area (Å²) < 4.78 is 81.2. The van der Waals surface area contributed by atoms with Crippen molar-refractivity contribution in [2.75, 3.05) is 26.3 Å². The summed E-state index contributed by atoms with van der Waals surface area (Å²) in [5.41, 5.74) is 33.4. The number of carbonyl (C=O) groups is 2. The third-order valence-corrected chi connectivity index (χ3v) is 17.3. The molecule has 0 aromatic rings.